The molecular weight excluding hydrogens is 365 g/mol. The molecule has 4 rings (SSSR count). The fourth-order valence-electron chi connectivity index (χ4n) is 7.23. The number of aliphatic hydroxyl groups excluding tert-OH is 2. The maximum Gasteiger partial charge on any atom is 0.114 e. The van der Waals surface area contributed by atoms with E-state index in [1.165, 1.54) is 37.7 Å². The van der Waals surface area contributed by atoms with Crippen LogP contribution in [-0.2, 0) is 0 Å². The first-order valence-corrected chi connectivity index (χ1v) is 12.0. The van der Waals surface area contributed by atoms with Crippen LogP contribution in [0.25, 0.3) is 0 Å². The molecule has 29 heavy (non-hydrogen) atoms. The van der Waals surface area contributed by atoms with Gasteiger partial charge in [0.15, 0.2) is 0 Å². The van der Waals surface area contributed by atoms with E-state index in [1.807, 2.05) is 0 Å². The molecule has 1 aliphatic heterocycles. The highest BCUT2D eigenvalue weighted by Gasteiger charge is 2.50. The molecule has 164 valence electrons. The summed E-state index contributed by atoms with van der Waals surface area (Å²) < 4.78 is 13.6. The number of fused-ring (bicyclic) bond motifs is 1. The summed E-state index contributed by atoms with van der Waals surface area (Å²) in [5.74, 6) is 2.00. The van der Waals surface area contributed by atoms with Gasteiger partial charge in [-0.05, 0) is 81.0 Å². The Labute approximate surface area is 176 Å². The van der Waals surface area contributed by atoms with Gasteiger partial charge in [-0.3, -0.25) is 0 Å². The number of hydrogen-bond acceptors (Lipinski definition) is 3. The Morgan fingerprint density at radius 1 is 1.17 bits per heavy atom. The molecule has 0 amide bonds. The monoisotopic (exact) mass is 405 g/mol. The first-order valence-electron chi connectivity index (χ1n) is 12.0. The van der Waals surface area contributed by atoms with E-state index in [4.69, 9.17) is 0 Å². The van der Waals surface area contributed by atoms with Crippen LogP contribution in [0.2, 0.25) is 0 Å². The van der Waals surface area contributed by atoms with E-state index in [0.717, 1.165) is 19.0 Å². The van der Waals surface area contributed by atoms with Crippen LogP contribution < -0.4 is 0 Å². The quantitative estimate of drug-likeness (QED) is 0.716. The van der Waals surface area contributed by atoms with Crippen LogP contribution in [0.1, 0.15) is 71.6 Å². The van der Waals surface area contributed by atoms with Crippen molar-refractivity contribution in [3.05, 3.63) is 23.3 Å². The van der Waals surface area contributed by atoms with Crippen molar-refractivity contribution in [3.8, 4) is 0 Å². The third-order valence-corrected chi connectivity index (χ3v) is 8.56. The van der Waals surface area contributed by atoms with E-state index < -0.39 is 18.4 Å². The zero-order valence-electron chi connectivity index (χ0n) is 18.3. The number of aliphatic hydroxyl groups is 2. The Bertz CT molecular complexity index is 635. The van der Waals surface area contributed by atoms with E-state index in [-0.39, 0.29) is 0 Å². The smallest absolute Gasteiger partial charge is 0.114 e. The van der Waals surface area contributed by atoms with Crippen LogP contribution in [0.4, 0.5) is 4.39 Å². The highest BCUT2D eigenvalue weighted by molar-refractivity contribution is 5.26. The minimum absolute atomic E-state index is 0.364. The lowest BCUT2D eigenvalue weighted by molar-refractivity contribution is 0.0609. The Hall–Kier alpha value is -0.710. The minimum atomic E-state index is -0.622. The minimum Gasteiger partial charge on any atom is -0.393 e. The predicted octanol–water partition coefficient (Wildman–Crippen LogP) is 4.64. The van der Waals surface area contributed by atoms with E-state index in [1.54, 1.807) is 5.57 Å². The van der Waals surface area contributed by atoms with Crippen molar-refractivity contribution in [3.63, 3.8) is 0 Å². The number of halogens is 1. The summed E-state index contributed by atoms with van der Waals surface area (Å²) >= 11 is 0. The summed E-state index contributed by atoms with van der Waals surface area (Å²) in [5, 5.41) is 19.9. The average Bonchev–Trinajstić information content (AvgIpc) is 3.21. The van der Waals surface area contributed by atoms with Crippen molar-refractivity contribution in [2.75, 3.05) is 19.6 Å². The maximum atomic E-state index is 13.6. The molecule has 7 atom stereocenters. The fourth-order valence-corrected chi connectivity index (χ4v) is 7.23. The summed E-state index contributed by atoms with van der Waals surface area (Å²) in [6, 6.07) is 0. The van der Waals surface area contributed by atoms with E-state index in [2.05, 4.69) is 30.9 Å². The second-order valence-corrected chi connectivity index (χ2v) is 10.7. The number of rotatable bonds is 4. The third-order valence-electron chi connectivity index (χ3n) is 8.56. The molecule has 1 heterocycles. The van der Waals surface area contributed by atoms with Gasteiger partial charge in [-0.1, -0.05) is 37.1 Å². The second kappa shape index (κ2) is 8.80. The van der Waals surface area contributed by atoms with Gasteiger partial charge < -0.3 is 15.1 Å². The molecule has 4 heteroatoms. The lowest BCUT2D eigenvalue weighted by atomic mass is 9.61. The zero-order chi connectivity index (χ0) is 20.6. The van der Waals surface area contributed by atoms with Crippen LogP contribution in [0.3, 0.4) is 0 Å². The van der Waals surface area contributed by atoms with Gasteiger partial charge >= 0.3 is 0 Å². The molecule has 0 spiro atoms. The summed E-state index contributed by atoms with van der Waals surface area (Å²) in [5.41, 5.74) is 3.14. The van der Waals surface area contributed by atoms with Gasteiger partial charge in [-0.2, -0.15) is 0 Å². The largest absolute Gasteiger partial charge is 0.393 e. The van der Waals surface area contributed by atoms with Gasteiger partial charge in [0.05, 0.1) is 12.2 Å². The van der Waals surface area contributed by atoms with Crippen LogP contribution >= 0.6 is 0 Å². The Morgan fingerprint density at radius 2 is 1.93 bits per heavy atom. The SMILES string of the molecule is CC(CN1CC[C@@H](F)C1)[C@H]1CC[C@H]2/C(=C/C=C3/C[C@@H](O)C[C@@H](O)C3)CCC[C@]12C. The summed E-state index contributed by atoms with van der Waals surface area (Å²) in [6.45, 7) is 7.52. The Morgan fingerprint density at radius 3 is 2.62 bits per heavy atom. The molecule has 3 saturated carbocycles. The zero-order valence-corrected chi connectivity index (χ0v) is 18.3. The Kier molecular flexibility index (Phi) is 6.53. The molecule has 0 aromatic heterocycles. The average molecular weight is 406 g/mol. The van der Waals surface area contributed by atoms with Crippen molar-refractivity contribution in [2.24, 2.45) is 23.2 Å². The van der Waals surface area contributed by atoms with Gasteiger partial charge in [-0.25, -0.2) is 4.39 Å². The van der Waals surface area contributed by atoms with Crippen molar-refractivity contribution in [1.82, 2.24) is 4.90 Å². The highest BCUT2D eigenvalue weighted by Crippen LogP contribution is 2.59. The highest BCUT2D eigenvalue weighted by atomic mass is 19.1. The van der Waals surface area contributed by atoms with Crippen LogP contribution in [-0.4, -0.2) is 53.1 Å². The number of nitrogens with zero attached hydrogens (tertiary/aromatic N) is 1. The second-order valence-electron chi connectivity index (χ2n) is 10.7. The number of hydrogen-bond donors (Lipinski definition) is 2. The fraction of sp³-hybridized carbons (Fsp3) is 0.840. The topological polar surface area (TPSA) is 43.7 Å². The van der Waals surface area contributed by atoms with E-state index in [9.17, 15) is 14.6 Å². The molecule has 1 saturated heterocycles. The van der Waals surface area contributed by atoms with Gasteiger partial charge in [0, 0.05) is 19.6 Å². The Balaban J connectivity index is 1.44. The molecule has 2 N–H and O–H groups in total. The molecular formula is C25H40FNO2. The van der Waals surface area contributed by atoms with Crippen molar-refractivity contribution >= 4 is 0 Å². The normalized spacial score (nSPS) is 45.1. The number of allylic oxidation sites excluding steroid dienone is 3. The lowest BCUT2D eigenvalue weighted by Crippen LogP contribution is -2.39. The number of alkyl halides is 1. The lowest BCUT2D eigenvalue weighted by Gasteiger charge is -2.45. The summed E-state index contributed by atoms with van der Waals surface area (Å²) in [4.78, 5) is 2.34. The molecule has 4 fully saturated rings. The molecule has 0 radical (unpaired) electrons. The van der Waals surface area contributed by atoms with Crippen molar-refractivity contribution in [2.45, 2.75) is 90.0 Å². The standard InChI is InChI=1S/C25H40FNO2/c1-17(15-27-11-9-20(26)16-27)23-7-8-24-19(4-3-10-25(23,24)2)6-5-18-12-21(28)14-22(29)13-18/h5-6,17,20-24,28-29H,3-4,7-16H2,1-2H3/b18-5-,19-6+/t17?,20-,21-,22+,23-,24+,25-/m1/s1. The third kappa shape index (κ3) is 4.65. The molecule has 4 aliphatic rings. The van der Waals surface area contributed by atoms with Crippen molar-refractivity contribution in [1.29, 1.82) is 0 Å². The molecule has 0 aromatic rings. The maximum absolute atomic E-state index is 13.6. The van der Waals surface area contributed by atoms with E-state index >= 15 is 0 Å². The molecule has 3 aliphatic carbocycles. The van der Waals surface area contributed by atoms with Gasteiger partial charge in [-0.15, -0.1) is 0 Å². The summed E-state index contributed by atoms with van der Waals surface area (Å²) in [7, 11) is 0. The number of likely N-dealkylation sites (tertiary alicyclic amines) is 1. The van der Waals surface area contributed by atoms with Crippen LogP contribution in [0.5, 0.6) is 0 Å². The molecule has 3 nitrogen and oxygen atoms in total. The van der Waals surface area contributed by atoms with Gasteiger partial charge in [0.25, 0.3) is 0 Å². The summed E-state index contributed by atoms with van der Waals surface area (Å²) in [6.07, 6.45) is 12.1. The van der Waals surface area contributed by atoms with E-state index in [0.29, 0.717) is 49.5 Å². The van der Waals surface area contributed by atoms with Gasteiger partial charge in [0.2, 0.25) is 0 Å². The molecule has 0 aromatic carbocycles. The first-order chi connectivity index (χ1) is 13.8. The molecule has 1 unspecified atom stereocenters. The van der Waals surface area contributed by atoms with Gasteiger partial charge in [0.1, 0.15) is 6.17 Å². The predicted molar refractivity (Wildman–Crippen MR) is 115 cm³/mol. The van der Waals surface area contributed by atoms with Crippen LogP contribution in [0, 0.1) is 23.2 Å². The van der Waals surface area contributed by atoms with Crippen molar-refractivity contribution < 1.29 is 14.6 Å². The molecule has 0 bridgehead atoms. The van der Waals surface area contributed by atoms with Crippen LogP contribution in [0.15, 0.2) is 23.3 Å². The first kappa shape index (κ1) is 21.5.